The Labute approximate surface area is 104 Å². The van der Waals surface area contributed by atoms with Gasteiger partial charge in [-0.25, -0.2) is 8.78 Å². The second-order valence-corrected chi connectivity index (χ2v) is 5.03. The molecule has 0 saturated carbocycles. The second-order valence-electron chi connectivity index (χ2n) is 5.03. The molecular formula is C13H16F2O3. The van der Waals surface area contributed by atoms with Gasteiger partial charge in [0.2, 0.25) is 0 Å². The van der Waals surface area contributed by atoms with Crippen LogP contribution >= 0.6 is 0 Å². The van der Waals surface area contributed by atoms with Gasteiger partial charge in [-0.3, -0.25) is 4.79 Å². The van der Waals surface area contributed by atoms with Crippen LogP contribution in [0.4, 0.5) is 8.78 Å². The number of carbonyl (C=O) groups is 1. The van der Waals surface area contributed by atoms with Crippen molar-refractivity contribution in [3.63, 3.8) is 0 Å². The van der Waals surface area contributed by atoms with Gasteiger partial charge in [-0.1, -0.05) is 20.8 Å². The Kier molecular flexibility index (Phi) is 4.06. The molecule has 1 N–H and O–H groups in total. The fourth-order valence-electron chi connectivity index (χ4n) is 1.46. The van der Waals surface area contributed by atoms with Gasteiger partial charge in [0.05, 0.1) is 7.11 Å². The first-order valence-electron chi connectivity index (χ1n) is 5.43. The fraction of sp³-hybridized carbons (Fsp3) is 0.462. The van der Waals surface area contributed by atoms with Crippen molar-refractivity contribution in [2.75, 3.05) is 7.11 Å². The Morgan fingerprint density at radius 1 is 1.28 bits per heavy atom. The summed E-state index contributed by atoms with van der Waals surface area (Å²) < 4.78 is 31.7. The molecule has 1 atom stereocenters. The Hall–Kier alpha value is -1.49. The monoisotopic (exact) mass is 258 g/mol. The number of aliphatic hydroxyl groups is 1. The van der Waals surface area contributed by atoms with Crippen molar-refractivity contribution in [1.29, 1.82) is 0 Å². The van der Waals surface area contributed by atoms with Crippen molar-refractivity contribution in [1.82, 2.24) is 0 Å². The summed E-state index contributed by atoms with van der Waals surface area (Å²) in [6, 6.07) is 1.59. The molecule has 1 unspecified atom stereocenters. The molecule has 5 heteroatoms. The smallest absolute Gasteiger partial charge is 0.171 e. The largest absolute Gasteiger partial charge is 0.494 e. The first-order valence-corrected chi connectivity index (χ1v) is 5.43. The SMILES string of the molecule is COc1cc(F)c(C(O)C(=O)C(C)(C)C)cc1F. The molecule has 0 aliphatic rings. The molecule has 1 aromatic rings. The van der Waals surface area contributed by atoms with E-state index in [1.807, 2.05) is 0 Å². The first kappa shape index (κ1) is 14.6. The van der Waals surface area contributed by atoms with Gasteiger partial charge >= 0.3 is 0 Å². The molecule has 1 aromatic carbocycles. The van der Waals surface area contributed by atoms with Gasteiger partial charge in [0.1, 0.15) is 11.9 Å². The number of Topliss-reactive ketones (excluding diaryl/α,β-unsaturated/α-hetero) is 1. The van der Waals surface area contributed by atoms with E-state index in [1.165, 1.54) is 7.11 Å². The predicted molar refractivity (Wildman–Crippen MR) is 62.3 cm³/mol. The van der Waals surface area contributed by atoms with Gasteiger partial charge < -0.3 is 9.84 Å². The molecule has 3 nitrogen and oxygen atoms in total. The highest BCUT2D eigenvalue weighted by Gasteiger charge is 2.31. The topological polar surface area (TPSA) is 46.5 Å². The van der Waals surface area contributed by atoms with Crippen LogP contribution in [-0.4, -0.2) is 18.0 Å². The maximum absolute atomic E-state index is 13.7. The summed E-state index contributed by atoms with van der Waals surface area (Å²) in [5.41, 5.74) is -1.23. The summed E-state index contributed by atoms with van der Waals surface area (Å²) in [7, 11) is 1.20. The molecule has 0 aromatic heterocycles. The summed E-state index contributed by atoms with van der Waals surface area (Å²) in [4.78, 5) is 11.8. The summed E-state index contributed by atoms with van der Waals surface area (Å²) in [6.45, 7) is 4.78. The standard InChI is InChI=1S/C13H16F2O3/c1-13(2,3)12(17)11(16)7-5-9(15)10(18-4)6-8(7)14/h5-6,11,16H,1-4H3. The van der Waals surface area contributed by atoms with Gasteiger partial charge in [0.25, 0.3) is 0 Å². The number of ether oxygens (including phenoxy) is 1. The Bertz CT molecular complexity index is 464. The highest BCUT2D eigenvalue weighted by Crippen LogP contribution is 2.30. The Morgan fingerprint density at radius 2 is 1.83 bits per heavy atom. The number of halogens is 2. The van der Waals surface area contributed by atoms with Crippen molar-refractivity contribution in [3.05, 3.63) is 29.3 Å². The van der Waals surface area contributed by atoms with E-state index in [9.17, 15) is 18.7 Å². The maximum Gasteiger partial charge on any atom is 0.171 e. The molecule has 0 fully saturated rings. The summed E-state index contributed by atoms with van der Waals surface area (Å²) in [6.07, 6.45) is -1.69. The molecule has 0 aliphatic heterocycles. The van der Waals surface area contributed by atoms with E-state index in [0.717, 1.165) is 12.1 Å². The number of methoxy groups -OCH3 is 1. The number of aliphatic hydroxyl groups excluding tert-OH is 1. The minimum atomic E-state index is -1.69. The van der Waals surface area contributed by atoms with Crippen molar-refractivity contribution >= 4 is 5.78 Å². The van der Waals surface area contributed by atoms with E-state index < -0.39 is 28.9 Å². The van der Waals surface area contributed by atoms with E-state index >= 15 is 0 Å². The van der Waals surface area contributed by atoms with Crippen LogP contribution in [0.5, 0.6) is 5.75 Å². The van der Waals surface area contributed by atoms with Gasteiger partial charge in [0.15, 0.2) is 17.3 Å². The lowest BCUT2D eigenvalue weighted by Crippen LogP contribution is -2.27. The molecule has 1 rings (SSSR count). The summed E-state index contributed by atoms with van der Waals surface area (Å²) in [5, 5.41) is 9.80. The predicted octanol–water partition coefficient (Wildman–Crippen LogP) is 2.62. The number of hydrogen-bond donors (Lipinski definition) is 1. The fourth-order valence-corrected chi connectivity index (χ4v) is 1.46. The molecule has 0 saturated heterocycles. The van der Waals surface area contributed by atoms with Crippen molar-refractivity contribution < 1.29 is 23.4 Å². The lowest BCUT2D eigenvalue weighted by molar-refractivity contribution is -0.135. The molecule has 100 valence electrons. The zero-order chi connectivity index (χ0) is 14.1. The second kappa shape index (κ2) is 5.02. The molecule has 0 radical (unpaired) electrons. The van der Waals surface area contributed by atoms with Crippen LogP contribution in [0.2, 0.25) is 0 Å². The Morgan fingerprint density at radius 3 is 2.28 bits per heavy atom. The minimum Gasteiger partial charge on any atom is -0.494 e. The molecule has 0 heterocycles. The molecule has 18 heavy (non-hydrogen) atoms. The normalized spacial score (nSPS) is 13.3. The van der Waals surface area contributed by atoms with Crippen LogP contribution in [0.25, 0.3) is 0 Å². The zero-order valence-electron chi connectivity index (χ0n) is 10.8. The number of rotatable bonds is 3. The lowest BCUT2D eigenvalue weighted by Gasteiger charge is -2.21. The van der Waals surface area contributed by atoms with E-state index in [-0.39, 0.29) is 11.3 Å². The van der Waals surface area contributed by atoms with Gasteiger partial charge in [-0.05, 0) is 6.07 Å². The first-order chi connectivity index (χ1) is 8.18. The zero-order valence-corrected chi connectivity index (χ0v) is 10.8. The molecule has 0 spiro atoms. The maximum atomic E-state index is 13.7. The van der Waals surface area contributed by atoms with Crippen LogP contribution in [0.15, 0.2) is 12.1 Å². The van der Waals surface area contributed by atoms with Crippen LogP contribution in [0.1, 0.15) is 32.4 Å². The van der Waals surface area contributed by atoms with Gasteiger partial charge in [-0.15, -0.1) is 0 Å². The van der Waals surface area contributed by atoms with Crippen LogP contribution in [0.3, 0.4) is 0 Å². The lowest BCUT2D eigenvalue weighted by atomic mass is 9.85. The molecular weight excluding hydrogens is 242 g/mol. The number of carbonyl (C=O) groups excluding carboxylic acids is 1. The highest BCUT2D eigenvalue weighted by atomic mass is 19.1. The minimum absolute atomic E-state index is 0.272. The third-order valence-electron chi connectivity index (χ3n) is 2.55. The third kappa shape index (κ3) is 2.85. The number of benzene rings is 1. The summed E-state index contributed by atoms with van der Waals surface area (Å²) >= 11 is 0. The van der Waals surface area contributed by atoms with Crippen molar-refractivity contribution in [3.8, 4) is 5.75 Å². The average Bonchev–Trinajstić information content (AvgIpc) is 2.28. The van der Waals surface area contributed by atoms with Crippen LogP contribution < -0.4 is 4.74 Å². The van der Waals surface area contributed by atoms with E-state index in [0.29, 0.717) is 0 Å². The quantitative estimate of drug-likeness (QED) is 0.906. The highest BCUT2D eigenvalue weighted by molar-refractivity contribution is 5.88. The van der Waals surface area contributed by atoms with Gasteiger partial charge in [-0.2, -0.15) is 0 Å². The van der Waals surface area contributed by atoms with E-state index in [2.05, 4.69) is 4.74 Å². The third-order valence-corrected chi connectivity index (χ3v) is 2.55. The number of ketones is 1. The van der Waals surface area contributed by atoms with Crippen molar-refractivity contribution in [2.24, 2.45) is 5.41 Å². The molecule has 0 bridgehead atoms. The van der Waals surface area contributed by atoms with E-state index in [4.69, 9.17) is 0 Å². The Balaban J connectivity index is 3.19. The van der Waals surface area contributed by atoms with E-state index in [1.54, 1.807) is 20.8 Å². The summed E-state index contributed by atoms with van der Waals surface area (Å²) in [5.74, 6) is -2.55. The van der Waals surface area contributed by atoms with Crippen LogP contribution in [-0.2, 0) is 4.79 Å². The molecule has 0 amide bonds. The average molecular weight is 258 g/mol. The number of hydrogen-bond acceptors (Lipinski definition) is 3. The van der Waals surface area contributed by atoms with Crippen molar-refractivity contribution in [2.45, 2.75) is 26.9 Å². The molecule has 0 aliphatic carbocycles. The van der Waals surface area contributed by atoms with Crippen LogP contribution in [0, 0.1) is 17.0 Å². The van der Waals surface area contributed by atoms with Gasteiger partial charge in [0, 0.05) is 17.0 Å².